The van der Waals surface area contributed by atoms with E-state index in [4.69, 9.17) is 10.1 Å². The molecule has 0 spiro atoms. The van der Waals surface area contributed by atoms with E-state index in [1.54, 1.807) is 7.11 Å². The third-order valence-corrected chi connectivity index (χ3v) is 4.04. The second-order valence-corrected chi connectivity index (χ2v) is 5.43. The summed E-state index contributed by atoms with van der Waals surface area (Å²) in [7, 11) is 3.58. The Hall–Kier alpha value is -2.81. The smallest absolute Gasteiger partial charge is 0.126 e. The normalized spacial score (nSPS) is 10.5. The van der Waals surface area contributed by atoms with Crippen LogP contribution < -0.4 is 10.1 Å². The number of nitrogens with one attached hydrogen (secondary N) is 2. The summed E-state index contributed by atoms with van der Waals surface area (Å²) in [6.07, 6.45) is 0.611. The van der Waals surface area contributed by atoms with Gasteiger partial charge in [0.05, 0.1) is 7.11 Å². The summed E-state index contributed by atoms with van der Waals surface area (Å²) in [5.41, 5.74) is 3.69. The van der Waals surface area contributed by atoms with Crippen LogP contribution >= 0.6 is 0 Å². The van der Waals surface area contributed by atoms with Gasteiger partial charge in [-0.3, -0.25) is 0 Å². The molecule has 0 aliphatic heterocycles. The lowest BCUT2D eigenvalue weighted by atomic mass is 9.95. The predicted molar refractivity (Wildman–Crippen MR) is 97.0 cm³/mol. The third kappa shape index (κ3) is 2.90. The van der Waals surface area contributed by atoms with Gasteiger partial charge in [-0.15, -0.1) is 0 Å². The Morgan fingerprint density at radius 1 is 1.00 bits per heavy atom. The highest BCUT2D eigenvalue weighted by atomic mass is 16.5. The van der Waals surface area contributed by atoms with Crippen molar-refractivity contribution >= 4 is 22.2 Å². The van der Waals surface area contributed by atoms with Gasteiger partial charge in [0.25, 0.3) is 0 Å². The van der Waals surface area contributed by atoms with E-state index in [0.29, 0.717) is 12.1 Å². The first kappa shape index (κ1) is 15.1. The SMILES string of the molecule is CNc1cccc2c(OC)ccc(C(=N)Cc3ccccc3)c12. The van der Waals surface area contributed by atoms with Crippen molar-refractivity contribution < 1.29 is 4.74 Å². The highest BCUT2D eigenvalue weighted by Crippen LogP contribution is 2.34. The molecule has 0 aliphatic rings. The molecule has 0 saturated heterocycles. The van der Waals surface area contributed by atoms with Gasteiger partial charge in [-0.2, -0.15) is 0 Å². The van der Waals surface area contributed by atoms with Gasteiger partial charge in [0.2, 0.25) is 0 Å². The summed E-state index contributed by atoms with van der Waals surface area (Å²) in [4.78, 5) is 0. The van der Waals surface area contributed by atoms with E-state index < -0.39 is 0 Å². The molecule has 116 valence electrons. The van der Waals surface area contributed by atoms with E-state index in [1.807, 2.05) is 55.6 Å². The molecular weight excluding hydrogens is 284 g/mol. The fraction of sp³-hybridized carbons (Fsp3) is 0.150. The van der Waals surface area contributed by atoms with Gasteiger partial charge < -0.3 is 15.5 Å². The standard InChI is InChI=1S/C20H20N2O/c1-22-18-10-6-9-16-19(23-2)12-11-15(20(16)18)17(21)13-14-7-4-3-5-8-14/h3-12,21-22H,13H2,1-2H3. The average molecular weight is 304 g/mol. The van der Waals surface area contributed by atoms with Crippen LogP contribution in [0.3, 0.4) is 0 Å². The number of methoxy groups -OCH3 is 1. The topological polar surface area (TPSA) is 45.1 Å². The number of benzene rings is 3. The molecule has 0 radical (unpaired) electrons. The highest BCUT2D eigenvalue weighted by molar-refractivity contribution is 6.15. The zero-order valence-corrected chi connectivity index (χ0v) is 13.4. The van der Waals surface area contributed by atoms with Gasteiger partial charge in [-0.25, -0.2) is 0 Å². The first-order valence-corrected chi connectivity index (χ1v) is 7.63. The molecule has 0 fully saturated rings. The second kappa shape index (κ2) is 6.53. The Morgan fingerprint density at radius 2 is 1.78 bits per heavy atom. The molecule has 0 heterocycles. The summed E-state index contributed by atoms with van der Waals surface area (Å²) >= 11 is 0. The summed E-state index contributed by atoms with van der Waals surface area (Å²) in [5.74, 6) is 0.827. The zero-order valence-electron chi connectivity index (χ0n) is 13.4. The summed E-state index contributed by atoms with van der Waals surface area (Å²) in [6.45, 7) is 0. The molecule has 0 aromatic heterocycles. The van der Waals surface area contributed by atoms with Gasteiger partial charge in [-0.05, 0) is 23.8 Å². The molecular formula is C20H20N2O. The lowest BCUT2D eigenvalue weighted by molar-refractivity contribution is 0.420. The lowest BCUT2D eigenvalue weighted by Crippen LogP contribution is -2.06. The number of rotatable bonds is 5. The predicted octanol–water partition coefficient (Wildman–Crippen LogP) is 4.50. The molecule has 23 heavy (non-hydrogen) atoms. The molecule has 2 N–H and O–H groups in total. The van der Waals surface area contributed by atoms with Crippen LogP contribution in [0.1, 0.15) is 11.1 Å². The average Bonchev–Trinajstić information content (AvgIpc) is 2.61. The van der Waals surface area contributed by atoms with Gasteiger partial charge in [0, 0.05) is 41.2 Å². The fourth-order valence-electron chi connectivity index (χ4n) is 2.91. The van der Waals surface area contributed by atoms with Crippen LogP contribution in [0.5, 0.6) is 5.75 Å². The van der Waals surface area contributed by atoms with Crippen LogP contribution in [0.15, 0.2) is 60.7 Å². The Bertz CT molecular complexity index is 841. The molecule has 3 aromatic carbocycles. The summed E-state index contributed by atoms with van der Waals surface area (Å²) < 4.78 is 5.48. The van der Waals surface area contributed by atoms with E-state index >= 15 is 0 Å². The third-order valence-electron chi connectivity index (χ3n) is 4.04. The van der Waals surface area contributed by atoms with E-state index in [1.165, 1.54) is 0 Å². The van der Waals surface area contributed by atoms with E-state index in [2.05, 4.69) is 17.4 Å². The maximum atomic E-state index is 8.58. The number of hydrogen-bond donors (Lipinski definition) is 2. The van der Waals surface area contributed by atoms with Gasteiger partial charge in [-0.1, -0.05) is 42.5 Å². The Labute approximate surface area is 136 Å². The molecule has 0 unspecified atom stereocenters. The summed E-state index contributed by atoms with van der Waals surface area (Å²) in [5, 5.41) is 13.9. The van der Waals surface area contributed by atoms with Crippen molar-refractivity contribution in [2.45, 2.75) is 6.42 Å². The molecule has 0 aliphatic carbocycles. The van der Waals surface area contributed by atoms with Crippen molar-refractivity contribution in [3.63, 3.8) is 0 Å². The second-order valence-electron chi connectivity index (χ2n) is 5.43. The van der Waals surface area contributed by atoms with Crippen molar-refractivity contribution in [2.75, 3.05) is 19.5 Å². The minimum absolute atomic E-state index is 0.603. The van der Waals surface area contributed by atoms with Crippen LogP contribution in [0, 0.1) is 5.41 Å². The van der Waals surface area contributed by atoms with Crippen molar-refractivity contribution in [1.82, 2.24) is 0 Å². The van der Waals surface area contributed by atoms with Crippen molar-refractivity contribution in [2.24, 2.45) is 0 Å². The van der Waals surface area contributed by atoms with Crippen LogP contribution in [0.25, 0.3) is 10.8 Å². The highest BCUT2D eigenvalue weighted by Gasteiger charge is 2.13. The first-order chi connectivity index (χ1) is 11.2. The van der Waals surface area contributed by atoms with E-state index in [-0.39, 0.29) is 0 Å². The number of ether oxygens (including phenoxy) is 1. The van der Waals surface area contributed by atoms with Crippen LogP contribution in [-0.4, -0.2) is 19.9 Å². The molecule has 3 rings (SSSR count). The number of hydrogen-bond acceptors (Lipinski definition) is 3. The summed E-state index contributed by atoms with van der Waals surface area (Å²) in [6, 6.07) is 20.1. The molecule has 0 atom stereocenters. The molecule has 0 saturated carbocycles. The molecule has 3 nitrogen and oxygen atoms in total. The fourth-order valence-corrected chi connectivity index (χ4v) is 2.91. The van der Waals surface area contributed by atoms with Crippen molar-refractivity contribution in [3.8, 4) is 5.75 Å². The molecule has 0 bridgehead atoms. The van der Waals surface area contributed by atoms with Crippen LogP contribution in [0.4, 0.5) is 5.69 Å². The molecule has 0 amide bonds. The Morgan fingerprint density at radius 3 is 2.48 bits per heavy atom. The maximum absolute atomic E-state index is 8.58. The maximum Gasteiger partial charge on any atom is 0.126 e. The van der Waals surface area contributed by atoms with Gasteiger partial charge in [0.1, 0.15) is 5.75 Å². The van der Waals surface area contributed by atoms with Gasteiger partial charge >= 0.3 is 0 Å². The Balaban J connectivity index is 2.12. The first-order valence-electron chi connectivity index (χ1n) is 7.63. The largest absolute Gasteiger partial charge is 0.496 e. The number of fused-ring (bicyclic) bond motifs is 1. The van der Waals surface area contributed by atoms with E-state index in [9.17, 15) is 0 Å². The molecule has 3 heteroatoms. The Kier molecular flexibility index (Phi) is 4.29. The monoisotopic (exact) mass is 304 g/mol. The van der Waals surface area contributed by atoms with E-state index in [0.717, 1.165) is 33.3 Å². The van der Waals surface area contributed by atoms with Crippen molar-refractivity contribution in [1.29, 1.82) is 5.41 Å². The van der Waals surface area contributed by atoms with Gasteiger partial charge in [0.15, 0.2) is 0 Å². The van der Waals surface area contributed by atoms with Crippen LogP contribution in [-0.2, 0) is 6.42 Å². The van der Waals surface area contributed by atoms with Crippen LogP contribution in [0.2, 0.25) is 0 Å². The molecule has 3 aromatic rings. The lowest BCUT2D eigenvalue weighted by Gasteiger charge is -2.15. The minimum Gasteiger partial charge on any atom is -0.496 e. The minimum atomic E-state index is 0.603. The number of anilines is 1. The van der Waals surface area contributed by atoms with Crippen molar-refractivity contribution in [3.05, 3.63) is 71.8 Å². The zero-order chi connectivity index (χ0) is 16.2. The quantitative estimate of drug-likeness (QED) is 0.682.